The van der Waals surface area contributed by atoms with Crippen LogP contribution in [0.2, 0.25) is 0 Å². The van der Waals surface area contributed by atoms with Gasteiger partial charge < -0.3 is 10.2 Å². The van der Waals surface area contributed by atoms with Crippen molar-refractivity contribution in [3.05, 3.63) is 0 Å². The molecule has 2 rings (SSSR count). The molecule has 0 radical (unpaired) electrons. The quantitative estimate of drug-likeness (QED) is 0.839. The van der Waals surface area contributed by atoms with Crippen molar-refractivity contribution in [2.24, 2.45) is 11.8 Å². The van der Waals surface area contributed by atoms with Gasteiger partial charge in [-0.05, 0) is 37.5 Å². The van der Waals surface area contributed by atoms with Crippen LogP contribution in [0, 0.1) is 11.8 Å². The molecule has 2 atom stereocenters. The van der Waals surface area contributed by atoms with Crippen LogP contribution in [0.4, 0.5) is 0 Å². The SMILES string of the molecule is CCCC(=O)N1CC(NC2CCCC2)CC(C(C)C)C1. The minimum atomic E-state index is 0.357. The number of carbonyl (C=O) groups excluding carboxylic acids is 1. The third-order valence-electron chi connectivity index (χ3n) is 5.07. The summed E-state index contributed by atoms with van der Waals surface area (Å²) in [5, 5.41) is 3.84. The molecule has 1 heterocycles. The second-order valence-electron chi connectivity index (χ2n) is 7.13. The molecule has 1 saturated heterocycles. The highest BCUT2D eigenvalue weighted by atomic mass is 16.2. The monoisotopic (exact) mass is 280 g/mol. The van der Waals surface area contributed by atoms with Crippen molar-refractivity contribution in [1.29, 1.82) is 0 Å². The van der Waals surface area contributed by atoms with Crippen LogP contribution in [0.5, 0.6) is 0 Å². The number of hydrogen-bond acceptors (Lipinski definition) is 2. The molecule has 1 aliphatic carbocycles. The molecule has 3 nitrogen and oxygen atoms in total. The zero-order valence-electron chi connectivity index (χ0n) is 13.5. The number of nitrogens with zero attached hydrogens (tertiary/aromatic N) is 1. The Bertz CT molecular complexity index is 308. The van der Waals surface area contributed by atoms with Crippen LogP contribution in [0.25, 0.3) is 0 Å². The number of hydrogen-bond donors (Lipinski definition) is 1. The number of nitrogens with one attached hydrogen (secondary N) is 1. The maximum atomic E-state index is 12.2. The summed E-state index contributed by atoms with van der Waals surface area (Å²) in [4.78, 5) is 14.4. The molecule has 0 aromatic heterocycles. The van der Waals surface area contributed by atoms with Crippen molar-refractivity contribution >= 4 is 5.91 Å². The predicted octanol–water partition coefficient (Wildman–Crippen LogP) is 3.19. The van der Waals surface area contributed by atoms with Gasteiger partial charge in [0.15, 0.2) is 0 Å². The van der Waals surface area contributed by atoms with Crippen molar-refractivity contribution in [2.45, 2.75) is 77.8 Å². The van der Waals surface area contributed by atoms with Crippen LogP contribution in [0.1, 0.15) is 65.7 Å². The summed E-state index contributed by atoms with van der Waals surface area (Å²) >= 11 is 0. The van der Waals surface area contributed by atoms with E-state index < -0.39 is 0 Å². The molecular weight excluding hydrogens is 248 g/mol. The molecule has 1 aliphatic heterocycles. The lowest BCUT2D eigenvalue weighted by Gasteiger charge is -2.41. The lowest BCUT2D eigenvalue weighted by atomic mass is 9.85. The summed E-state index contributed by atoms with van der Waals surface area (Å²) in [5.41, 5.74) is 0. The first-order chi connectivity index (χ1) is 9.60. The van der Waals surface area contributed by atoms with E-state index in [0.29, 0.717) is 36.2 Å². The van der Waals surface area contributed by atoms with E-state index in [2.05, 4.69) is 31.0 Å². The van der Waals surface area contributed by atoms with Crippen LogP contribution in [-0.4, -0.2) is 36.0 Å². The Balaban J connectivity index is 1.94. The molecule has 1 amide bonds. The average molecular weight is 280 g/mol. The lowest BCUT2D eigenvalue weighted by Crippen LogP contribution is -2.53. The first kappa shape index (κ1) is 15.8. The number of carbonyl (C=O) groups is 1. The topological polar surface area (TPSA) is 32.3 Å². The first-order valence-corrected chi connectivity index (χ1v) is 8.64. The summed E-state index contributed by atoms with van der Waals surface area (Å²) in [6, 6.07) is 1.22. The van der Waals surface area contributed by atoms with Crippen molar-refractivity contribution in [3.63, 3.8) is 0 Å². The van der Waals surface area contributed by atoms with Gasteiger partial charge in [0.25, 0.3) is 0 Å². The highest BCUT2D eigenvalue weighted by Crippen LogP contribution is 2.26. The van der Waals surface area contributed by atoms with Gasteiger partial charge in [-0.2, -0.15) is 0 Å². The number of piperidine rings is 1. The van der Waals surface area contributed by atoms with Crippen molar-refractivity contribution in [3.8, 4) is 0 Å². The Morgan fingerprint density at radius 2 is 1.90 bits per heavy atom. The second kappa shape index (κ2) is 7.44. The summed E-state index contributed by atoms with van der Waals surface area (Å²) in [6.07, 6.45) is 8.30. The summed E-state index contributed by atoms with van der Waals surface area (Å²) < 4.78 is 0. The van der Waals surface area contributed by atoms with Crippen LogP contribution in [0.3, 0.4) is 0 Å². The number of amides is 1. The van der Waals surface area contributed by atoms with E-state index in [1.165, 1.54) is 32.1 Å². The fourth-order valence-electron chi connectivity index (χ4n) is 3.74. The summed E-state index contributed by atoms with van der Waals surface area (Å²) in [7, 11) is 0. The fourth-order valence-corrected chi connectivity index (χ4v) is 3.74. The van der Waals surface area contributed by atoms with Crippen LogP contribution < -0.4 is 5.32 Å². The summed E-state index contributed by atoms with van der Waals surface area (Å²) in [5.74, 6) is 1.68. The predicted molar refractivity (Wildman–Crippen MR) is 83.6 cm³/mol. The minimum Gasteiger partial charge on any atom is -0.341 e. The Labute approximate surface area is 124 Å². The minimum absolute atomic E-state index is 0.357. The molecule has 0 bridgehead atoms. The van der Waals surface area contributed by atoms with Gasteiger partial charge >= 0.3 is 0 Å². The molecule has 3 heteroatoms. The average Bonchev–Trinajstić information content (AvgIpc) is 2.91. The molecule has 1 saturated carbocycles. The van der Waals surface area contributed by atoms with Gasteiger partial charge in [-0.15, -0.1) is 0 Å². The molecular formula is C17H32N2O. The normalized spacial score (nSPS) is 28.3. The van der Waals surface area contributed by atoms with E-state index in [4.69, 9.17) is 0 Å². The maximum Gasteiger partial charge on any atom is 0.222 e. The van der Waals surface area contributed by atoms with Gasteiger partial charge in [0, 0.05) is 31.6 Å². The zero-order valence-corrected chi connectivity index (χ0v) is 13.5. The fraction of sp³-hybridized carbons (Fsp3) is 0.941. The Morgan fingerprint density at radius 3 is 2.50 bits per heavy atom. The van der Waals surface area contributed by atoms with Gasteiger partial charge in [0.05, 0.1) is 0 Å². The Kier molecular flexibility index (Phi) is 5.88. The highest BCUT2D eigenvalue weighted by Gasteiger charge is 2.32. The molecule has 2 unspecified atom stereocenters. The van der Waals surface area contributed by atoms with E-state index in [-0.39, 0.29) is 0 Å². The third kappa shape index (κ3) is 4.21. The molecule has 2 fully saturated rings. The molecule has 0 aromatic carbocycles. The van der Waals surface area contributed by atoms with Gasteiger partial charge in [0.1, 0.15) is 0 Å². The van der Waals surface area contributed by atoms with E-state index in [9.17, 15) is 4.79 Å². The van der Waals surface area contributed by atoms with Crippen molar-refractivity contribution in [1.82, 2.24) is 10.2 Å². The van der Waals surface area contributed by atoms with E-state index in [0.717, 1.165) is 19.5 Å². The zero-order chi connectivity index (χ0) is 14.5. The third-order valence-corrected chi connectivity index (χ3v) is 5.07. The van der Waals surface area contributed by atoms with E-state index in [1.807, 2.05) is 0 Å². The molecule has 1 N–H and O–H groups in total. The largest absolute Gasteiger partial charge is 0.341 e. The van der Waals surface area contributed by atoms with Crippen LogP contribution >= 0.6 is 0 Å². The van der Waals surface area contributed by atoms with Crippen LogP contribution in [-0.2, 0) is 4.79 Å². The standard InChI is InChI=1S/C17H32N2O/c1-4-7-17(20)19-11-14(13(2)3)10-16(12-19)18-15-8-5-6-9-15/h13-16,18H,4-12H2,1-3H3. The smallest absolute Gasteiger partial charge is 0.222 e. The highest BCUT2D eigenvalue weighted by molar-refractivity contribution is 5.76. The molecule has 0 spiro atoms. The Hall–Kier alpha value is -0.570. The first-order valence-electron chi connectivity index (χ1n) is 8.64. The van der Waals surface area contributed by atoms with Gasteiger partial charge in [-0.3, -0.25) is 4.79 Å². The number of likely N-dealkylation sites (tertiary alicyclic amines) is 1. The van der Waals surface area contributed by atoms with Crippen molar-refractivity contribution in [2.75, 3.05) is 13.1 Å². The van der Waals surface area contributed by atoms with Gasteiger partial charge in [-0.1, -0.05) is 33.6 Å². The number of rotatable bonds is 5. The second-order valence-corrected chi connectivity index (χ2v) is 7.13. The van der Waals surface area contributed by atoms with E-state index in [1.54, 1.807) is 0 Å². The molecule has 0 aromatic rings. The summed E-state index contributed by atoms with van der Waals surface area (Å²) in [6.45, 7) is 8.59. The van der Waals surface area contributed by atoms with E-state index >= 15 is 0 Å². The Morgan fingerprint density at radius 1 is 1.20 bits per heavy atom. The maximum absolute atomic E-state index is 12.2. The molecule has 2 aliphatic rings. The van der Waals surface area contributed by atoms with Crippen molar-refractivity contribution < 1.29 is 4.79 Å². The van der Waals surface area contributed by atoms with Gasteiger partial charge in [0.2, 0.25) is 5.91 Å². The molecule has 116 valence electrons. The van der Waals surface area contributed by atoms with Crippen LogP contribution in [0.15, 0.2) is 0 Å². The van der Waals surface area contributed by atoms with Gasteiger partial charge in [-0.25, -0.2) is 0 Å². The molecule has 20 heavy (non-hydrogen) atoms. The lowest BCUT2D eigenvalue weighted by molar-refractivity contribution is -0.134.